The van der Waals surface area contributed by atoms with Crippen LogP contribution in [0.3, 0.4) is 0 Å². The Kier molecular flexibility index (Phi) is 8.87. The Morgan fingerprint density at radius 3 is 1.38 bits per heavy atom. The highest BCUT2D eigenvalue weighted by Crippen LogP contribution is 2.09. The number of aromatic nitrogens is 1. The van der Waals surface area contributed by atoms with E-state index in [9.17, 15) is 9.59 Å². The van der Waals surface area contributed by atoms with Gasteiger partial charge in [-0.15, -0.1) is 0 Å². The quantitative estimate of drug-likeness (QED) is 0.384. The monoisotopic (exact) mass is 341 g/mol. The summed E-state index contributed by atoms with van der Waals surface area (Å²) in [6.45, 7) is -0.789. The number of carbonyl (C=O) groups is 2. The van der Waals surface area contributed by atoms with Crippen LogP contribution in [0.2, 0.25) is 0 Å². The van der Waals surface area contributed by atoms with Gasteiger partial charge >= 0.3 is 0 Å². The van der Waals surface area contributed by atoms with E-state index in [2.05, 4.69) is 4.98 Å². The number of carbonyl (C=O) groups excluding carboxylic acids is 2. The molecule has 1 aromatic rings. The van der Waals surface area contributed by atoms with Crippen molar-refractivity contribution >= 4 is 11.8 Å². The number of pyridine rings is 1. The van der Waals surface area contributed by atoms with E-state index in [1.807, 2.05) is 0 Å². The highest BCUT2D eigenvalue weighted by atomic mass is 16.3. The summed E-state index contributed by atoms with van der Waals surface area (Å²) in [6.07, 6.45) is 2.59. The maximum atomic E-state index is 12.4. The van der Waals surface area contributed by atoms with E-state index in [1.165, 1.54) is 28.3 Å². The number of rotatable bonds is 10. The summed E-state index contributed by atoms with van der Waals surface area (Å²) < 4.78 is 0. The van der Waals surface area contributed by atoms with E-state index in [0.717, 1.165) is 0 Å². The average Bonchev–Trinajstić information content (AvgIpc) is 2.60. The van der Waals surface area contributed by atoms with Crippen molar-refractivity contribution in [2.75, 3.05) is 52.6 Å². The number of hydrogen-bond donors (Lipinski definition) is 4. The molecule has 134 valence electrons. The van der Waals surface area contributed by atoms with Crippen molar-refractivity contribution in [3.05, 3.63) is 29.6 Å². The zero-order valence-electron chi connectivity index (χ0n) is 13.3. The molecule has 4 N–H and O–H groups in total. The molecule has 0 radical (unpaired) electrons. The summed E-state index contributed by atoms with van der Waals surface area (Å²) in [4.78, 5) is 31.2. The largest absolute Gasteiger partial charge is 0.395 e. The molecule has 0 bridgehead atoms. The van der Waals surface area contributed by atoms with Crippen molar-refractivity contribution < 1.29 is 30.0 Å². The molecule has 1 aromatic heterocycles. The molecule has 1 heterocycles. The Morgan fingerprint density at radius 2 is 1.08 bits per heavy atom. The minimum atomic E-state index is -0.462. The molecule has 0 aliphatic carbocycles. The Bertz CT molecular complexity index is 484. The standard InChI is InChI=1S/C15H23N3O6/c19-5-1-17(2-6-20)14(23)12-9-13(11-16-10-12)15(24)18(3-7-21)4-8-22/h9-11,19-22H,1-8H2. The molecule has 0 aliphatic rings. The van der Waals surface area contributed by atoms with E-state index in [1.54, 1.807) is 0 Å². The first-order valence-corrected chi connectivity index (χ1v) is 7.56. The zero-order valence-corrected chi connectivity index (χ0v) is 13.3. The van der Waals surface area contributed by atoms with E-state index >= 15 is 0 Å². The molecule has 2 amide bonds. The first-order valence-electron chi connectivity index (χ1n) is 7.56. The van der Waals surface area contributed by atoms with Crippen LogP contribution in [-0.2, 0) is 0 Å². The fourth-order valence-corrected chi connectivity index (χ4v) is 2.15. The molecule has 0 saturated heterocycles. The summed E-state index contributed by atoms with van der Waals surface area (Å²) in [6, 6.07) is 1.36. The van der Waals surface area contributed by atoms with Gasteiger partial charge in [0.15, 0.2) is 0 Å². The average molecular weight is 341 g/mol. The van der Waals surface area contributed by atoms with E-state index in [0.29, 0.717) is 0 Å². The van der Waals surface area contributed by atoms with E-state index in [4.69, 9.17) is 20.4 Å². The van der Waals surface area contributed by atoms with Crippen LogP contribution < -0.4 is 0 Å². The van der Waals surface area contributed by atoms with Crippen LogP contribution >= 0.6 is 0 Å². The van der Waals surface area contributed by atoms with Crippen molar-refractivity contribution in [2.45, 2.75) is 0 Å². The van der Waals surface area contributed by atoms with Crippen LogP contribution in [0, 0.1) is 0 Å². The predicted octanol–water partition coefficient (Wildman–Crippen LogP) is -2.06. The van der Waals surface area contributed by atoms with Gasteiger partial charge in [0.05, 0.1) is 37.6 Å². The molecular formula is C15H23N3O6. The first kappa shape index (κ1) is 20.0. The molecule has 24 heavy (non-hydrogen) atoms. The molecule has 1 rings (SSSR count). The lowest BCUT2D eigenvalue weighted by Crippen LogP contribution is -2.37. The molecule has 0 unspecified atom stereocenters. The number of hydrogen-bond acceptors (Lipinski definition) is 7. The first-order chi connectivity index (χ1) is 11.6. The Hall–Kier alpha value is -2.07. The van der Waals surface area contributed by atoms with Crippen molar-refractivity contribution in [1.82, 2.24) is 14.8 Å². The topological polar surface area (TPSA) is 134 Å². The lowest BCUT2D eigenvalue weighted by Gasteiger charge is -2.22. The van der Waals surface area contributed by atoms with Crippen molar-refractivity contribution in [1.29, 1.82) is 0 Å². The Labute approximate surface area is 139 Å². The fraction of sp³-hybridized carbons (Fsp3) is 0.533. The van der Waals surface area contributed by atoms with Crippen LogP contribution in [-0.4, -0.2) is 99.6 Å². The van der Waals surface area contributed by atoms with Crippen molar-refractivity contribution in [3.8, 4) is 0 Å². The molecule has 0 aromatic carbocycles. The normalized spacial score (nSPS) is 10.5. The predicted molar refractivity (Wildman–Crippen MR) is 84.4 cm³/mol. The maximum Gasteiger partial charge on any atom is 0.255 e. The second-order valence-electron chi connectivity index (χ2n) is 4.94. The zero-order chi connectivity index (χ0) is 17.9. The van der Waals surface area contributed by atoms with Crippen LogP contribution in [0.5, 0.6) is 0 Å². The fourth-order valence-electron chi connectivity index (χ4n) is 2.15. The summed E-state index contributed by atoms with van der Waals surface area (Å²) in [5.41, 5.74) is 0.298. The smallest absolute Gasteiger partial charge is 0.255 e. The third-order valence-corrected chi connectivity index (χ3v) is 3.29. The SMILES string of the molecule is O=C(c1cncc(C(=O)N(CCO)CCO)c1)N(CCO)CCO. The van der Waals surface area contributed by atoms with Crippen molar-refractivity contribution in [3.63, 3.8) is 0 Å². The van der Waals surface area contributed by atoms with Gasteiger partial charge in [0.25, 0.3) is 11.8 Å². The minimum absolute atomic E-state index is 0.0543. The van der Waals surface area contributed by atoms with Gasteiger partial charge in [0, 0.05) is 38.6 Å². The number of amides is 2. The van der Waals surface area contributed by atoms with Gasteiger partial charge in [-0.2, -0.15) is 0 Å². The molecule has 0 fully saturated rings. The Balaban J connectivity index is 2.99. The second kappa shape index (κ2) is 10.7. The lowest BCUT2D eigenvalue weighted by atomic mass is 10.1. The van der Waals surface area contributed by atoms with Gasteiger partial charge in [-0.05, 0) is 6.07 Å². The van der Waals surface area contributed by atoms with E-state index < -0.39 is 11.8 Å². The molecule has 0 spiro atoms. The third kappa shape index (κ3) is 5.53. The van der Waals surface area contributed by atoms with Crippen LogP contribution in [0.15, 0.2) is 18.5 Å². The van der Waals surface area contributed by atoms with Crippen LogP contribution in [0.4, 0.5) is 0 Å². The van der Waals surface area contributed by atoms with Gasteiger partial charge in [-0.1, -0.05) is 0 Å². The van der Waals surface area contributed by atoms with Crippen molar-refractivity contribution in [2.24, 2.45) is 0 Å². The van der Waals surface area contributed by atoms with Crippen LogP contribution in [0.1, 0.15) is 20.7 Å². The van der Waals surface area contributed by atoms with Gasteiger partial charge in [-0.25, -0.2) is 0 Å². The third-order valence-electron chi connectivity index (χ3n) is 3.29. The highest BCUT2D eigenvalue weighted by molar-refractivity contribution is 5.99. The molecular weight excluding hydrogens is 318 g/mol. The van der Waals surface area contributed by atoms with Gasteiger partial charge in [0.1, 0.15) is 0 Å². The van der Waals surface area contributed by atoms with Crippen LogP contribution in [0.25, 0.3) is 0 Å². The molecule has 0 aliphatic heterocycles. The maximum absolute atomic E-state index is 12.4. The second-order valence-corrected chi connectivity index (χ2v) is 4.94. The highest BCUT2D eigenvalue weighted by Gasteiger charge is 2.19. The molecule has 9 heteroatoms. The van der Waals surface area contributed by atoms with Gasteiger partial charge in [-0.3, -0.25) is 14.6 Å². The molecule has 0 atom stereocenters. The van der Waals surface area contributed by atoms with Gasteiger partial charge in [0.2, 0.25) is 0 Å². The summed E-state index contributed by atoms with van der Waals surface area (Å²) in [7, 11) is 0. The lowest BCUT2D eigenvalue weighted by molar-refractivity contribution is 0.0679. The van der Waals surface area contributed by atoms with Gasteiger partial charge < -0.3 is 30.2 Å². The Morgan fingerprint density at radius 1 is 0.750 bits per heavy atom. The molecule has 9 nitrogen and oxygen atoms in total. The number of aliphatic hydroxyl groups is 4. The number of nitrogens with zero attached hydrogens (tertiary/aromatic N) is 3. The van der Waals surface area contributed by atoms with E-state index in [-0.39, 0.29) is 63.7 Å². The minimum Gasteiger partial charge on any atom is -0.395 e. The summed E-state index contributed by atoms with van der Waals surface area (Å²) >= 11 is 0. The molecule has 0 saturated carbocycles. The number of aliphatic hydroxyl groups excluding tert-OH is 4. The summed E-state index contributed by atoms with van der Waals surface area (Å²) in [5.74, 6) is -0.924. The summed E-state index contributed by atoms with van der Waals surface area (Å²) in [5, 5.41) is 36.0.